The van der Waals surface area contributed by atoms with Crippen molar-refractivity contribution in [3.63, 3.8) is 0 Å². The SMILES string of the molecule is CCc1c[n+](CC)c(C)n1CC. The first-order valence-corrected chi connectivity index (χ1v) is 4.83. The first-order valence-electron chi connectivity index (χ1n) is 4.83. The summed E-state index contributed by atoms with van der Waals surface area (Å²) < 4.78 is 4.69. The number of aromatic nitrogens is 2. The quantitative estimate of drug-likeness (QED) is 0.606. The third kappa shape index (κ3) is 1.38. The average Bonchev–Trinajstić information content (AvgIpc) is 2.41. The van der Waals surface area contributed by atoms with Crippen molar-refractivity contribution < 1.29 is 4.57 Å². The van der Waals surface area contributed by atoms with E-state index < -0.39 is 0 Å². The van der Waals surface area contributed by atoms with Gasteiger partial charge in [0.15, 0.2) is 0 Å². The van der Waals surface area contributed by atoms with Gasteiger partial charge in [-0.3, -0.25) is 0 Å². The normalized spacial score (nSPS) is 10.7. The van der Waals surface area contributed by atoms with Gasteiger partial charge < -0.3 is 0 Å². The van der Waals surface area contributed by atoms with Crippen LogP contribution in [0.4, 0.5) is 0 Å². The summed E-state index contributed by atoms with van der Waals surface area (Å²) in [5, 5.41) is 0. The van der Waals surface area contributed by atoms with Gasteiger partial charge in [-0.25, -0.2) is 9.13 Å². The van der Waals surface area contributed by atoms with E-state index in [0.29, 0.717) is 0 Å². The molecule has 0 radical (unpaired) electrons. The highest BCUT2D eigenvalue weighted by atomic mass is 15.2. The Morgan fingerprint density at radius 1 is 1.33 bits per heavy atom. The molecule has 1 aromatic rings. The largest absolute Gasteiger partial charge is 0.253 e. The minimum Gasteiger partial charge on any atom is -0.234 e. The monoisotopic (exact) mass is 167 g/mol. The molecule has 0 aliphatic rings. The predicted octanol–water partition coefficient (Wildman–Crippen LogP) is 1.69. The predicted molar refractivity (Wildman–Crippen MR) is 50.1 cm³/mol. The molecule has 0 bridgehead atoms. The van der Waals surface area contributed by atoms with E-state index in [2.05, 4.69) is 43.0 Å². The highest BCUT2D eigenvalue weighted by Crippen LogP contribution is 2.03. The van der Waals surface area contributed by atoms with Crippen molar-refractivity contribution in [1.82, 2.24) is 4.57 Å². The van der Waals surface area contributed by atoms with Gasteiger partial charge >= 0.3 is 0 Å². The highest BCUT2D eigenvalue weighted by molar-refractivity contribution is 4.97. The van der Waals surface area contributed by atoms with Crippen LogP contribution in [0.1, 0.15) is 32.3 Å². The summed E-state index contributed by atoms with van der Waals surface area (Å²) in [6, 6.07) is 0. The summed E-state index contributed by atoms with van der Waals surface area (Å²) >= 11 is 0. The minimum absolute atomic E-state index is 1.08. The Kier molecular flexibility index (Phi) is 2.90. The summed E-state index contributed by atoms with van der Waals surface area (Å²) in [5.41, 5.74) is 1.44. The van der Waals surface area contributed by atoms with E-state index >= 15 is 0 Å². The molecule has 0 saturated carbocycles. The molecule has 0 atom stereocenters. The van der Waals surface area contributed by atoms with E-state index in [9.17, 15) is 0 Å². The van der Waals surface area contributed by atoms with Crippen LogP contribution in [-0.4, -0.2) is 4.57 Å². The lowest BCUT2D eigenvalue weighted by Crippen LogP contribution is -2.33. The molecule has 0 aromatic carbocycles. The Bertz CT molecular complexity index is 261. The van der Waals surface area contributed by atoms with Crippen LogP contribution in [0.2, 0.25) is 0 Å². The van der Waals surface area contributed by atoms with E-state index in [1.54, 1.807) is 0 Å². The Morgan fingerprint density at radius 3 is 2.33 bits per heavy atom. The van der Waals surface area contributed by atoms with Gasteiger partial charge in [-0.1, -0.05) is 6.92 Å². The standard InChI is InChI=1S/C10H19N2/c1-5-10-8-11(6-2)9(4)12(10)7-3/h8H,5-7H2,1-4H3/q+1. The summed E-state index contributed by atoms with van der Waals surface area (Å²) in [4.78, 5) is 0. The number of hydrogen-bond acceptors (Lipinski definition) is 0. The third-order valence-corrected chi connectivity index (χ3v) is 2.48. The van der Waals surface area contributed by atoms with E-state index in [1.165, 1.54) is 11.5 Å². The molecule has 0 aliphatic heterocycles. The first-order chi connectivity index (χ1) is 5.74. The summed E-state index contributed by atoms with van der Waals surface area (Å²) in [5.74, 6) is 1.37. The maximum Gasteiger partial charge on any atom is 0.253 e. The molecule has 0 saturated heterocycles. The topological polar surface area (TPSA) is 8.81 Å². The van der Waals surface area contributed by atoms with Crippen LogP contribution >= 0.6 is 0 Å². The van der Waals surface area contributed by atoms with Crippen LogP contribution in [0, 0.1) is 6.92 Å². The summed E-state index contributed by atoms with van der Waals surface area (Å²) in [6.07, 6.45) is 3.39. The van der Waals surface area contributed by atoms with Crippen molar-refractivity contribution in [2.45, 2.75) is 47.2 Å². The van der Waals surface area contributed by atoms with Gasteiger partial charge in [-0.05, 0) is 13.8 Å². The molecule has 2 nitrogen and oxygen atoms in total. The molecule has 1 heterocycles. The highest BCUT2D eigenvalue weighted by Gasteiger charge is 2.14. The average molecular weight is 167 g/mol. The van der Waals surface area contributed by atoms with Crippen molar-refractivity contribution in [1.29, 1.82) is 0 Å². The number of aryl methyl sites for hydroxylation is 2. The first kappa shape index (κ1) is 9.30. The molecule has 0 amide bonds. The lowest BCUT2D eigenvalue weighted by molar-refractivity contribution is -0.699. The second-order valence-electron chi connectivity index (χ2n) is 3.05. The molecule has 1 aromatic heterocycles. The fraction of sp³-hybridized carbons (Fsp3) is 0.700. The lowest BCUT2D eigenvalue weighted by atomic mass is 10.3. The molecule has 0 N–H and O–H groups in total. The second-order valence-corrected chi connectivity index (χ2v) is 3.05. The molecule has 0 unspecified atom stereocenters. The molecule has 12 heavy (non-hydrogen) atoms. The molecular formula is C10H19N2+. The second kappa shape index (κ2) is 3.74. The number of imidazole rings is 1. The fourth-order valence-corrected chi connectivity index (χ4v) is 1.74. The smallest absolute Gasteiger partial charge is 0.234 e. The van der Waals surface area contributed by atoms with Crippen LogP contribution < -0.4 is 4.57 Å². The molecule has 0 spiro atoms. The molecule has 0 aliphatic carbocycles. The Hall–Kier alpha value is -0.790. The molecule has 1 rings (SSSR count). The summed E-state index contributed by atoms with van der Waals surface area (Å²) in [7, 11) is 0. The van der Waals surface area contributed by atoms with Crippen molar-refractivity contribution in [2.24, 2.45) is 0 Å². The van der Waals surface area contributed by atoms with Gasteiger partial charge in [0.2, 0.25) is 0 Å². The van der Waals surface area contributed by atoms with E-state index in [-0.39, 0.29) is 0 Å². The van der Waals surface area contributed by atoms with Crippen LogP contribution in [-0.2, 0) is 19.5 Å². The Labute approximate surface area is 74.8 Å². The lowest BCUT2D eigenvalue weighted by Gasteiger charge is -1.96. The van der Waals surface area contributed by atoms with Gasteiger partial charge in [-0.2, -0.15) is 0 Å². The molecule has 68 valence electrons. The zero-order chi connectivity index (χ0) is 9.14. The Morgan fingerprint density at radius 2 is 2.00 bits per heavy atom. The third-order valence-electron chi connectivity index (χ3n) is 2.48. The zero-order valence-corrected chi connectivity index (χ0v) is 8.59. The van der Waals surface area contributed by atoms with Crippen molar-refractivity contribution in [3.05, 3.63) is 17.7 Å². The van der Waals surface area contributed by atoms with Gasteiger partial charge in [0.25, 0.3) is 5.82 Å². The fourth-order valence-electron chi connectivity index (χ4n) is 1.74. The zero-order valence-electron chi connectivity index (χ0n) is 8.59. The maximum atomic E-state index is 2.38. The number of nitrogens with zero attached hydrogens (tertiary/aromatic N) is 2. The van der Waals surface area contributed by atoms with E-state index in [0.717, 1.165) is 19.5 Å². The van der Waals surface area contributed by atoms with E-state index in [1.807, 2.05) is 0 Å². The van der Waals surface area contributed by atoms with Gasteiger partial charge in [0, 0.05) is 13.3 Å². The van der Waals surface area contributed by atoms with E-state index in [4.69, 9.17) is 0 Å². The maximum absolute atomic E-state index is 2.38. The summed E-state index contributed by atoms with van der Waals surface area (Å²) in [6.45, 7) is 10.9. The number of hydrogen-bond donors (Lipinski definition) is 0. The van der Waals surface area contributed by atoms with Crippen LogP contribution in [0.15, 0.2) is 6.20 Å². The van der Waals surface area contributed by atoms with Crippen LogP contribution in [0.5, 0.6) is 0 Å². The molecule has 2 heteroatoms. The number of rotatable bonds is 3. The van der Waals surface area contributed by atoms with Crippen molar-refractivity contribution in [2.75, 3.05) is 0 Å². The van der Waals surface area contributed by atoms with Gasteiger partial charge in [0.05, 0.1) is 13.1 Å². The van der Waals surface area contributed by atoms with Crippen LogP contribution in [0.3, 0.4) is 0 Å². The molecular weight excluding hydrogens is 148 g/mol. The van der Waals surface area contributed by atoms with Gasteiger partial charge in [-0.15, -0.1) is 0 Å². The minimum atomic E-state index is 1.08. The van der Waals surface area contributed by atoms with Crippen molar-refractivity contribution >= 4 is 0 Å². The van der Waals surface area contributed by atoms with Crippen molar-refractivity contribution in [3.8, 4) is 0 Å². The molecule has 0 fully saturated rings. The Balaban J connectivity index is 3.13. The van der Waals surface area contributed by atoms with Crippen LogP contribution in [0.25, 0.3) is 0 Å². The van der Waals surface area contributed by atoms with Gasteiger partial charge in [0.1, 0.15) is 11.9 Å².